The molecule has 1 aromatic carbocycles. The van der Waals surface area contributed by atoms with Crippen molar-refractivity contribution in [2.75, 3.05) is 6.26 Å². The van der Waals surface area contributed by atoms with Gasteiger partial charge in [-0.15, -0.1) is 0 Å². The van der Waals surface area contributed by atoms with Crippen LogP contribution >= 0.6 is 0 Å². The largest absolute Gasteiger partial charge is 0.325 e. The van der Waals surface area contributed by atoms with Crippen molar-refractivity contribution in [1.82, 2.24) is 0 Å². The van der Waals surface area contributed by atoms with Crippen LogP contribution in [0.1, 0.15) is 25.3 Å². The van der Waals surface area contributed by atoms with Gasteiger partial charge in [0.15, 0.2) is 5.78 Å². The van der Waals surface area contributed by atoms with Crippen LogP contribution in [0.25, 0.3) is 5.57 Å². The molecule has 1 aliphatic carbocycles. The van der Waals surface area contributed by atoms with E-state index in [0.717, 1.165) is 19.1 Å². The highest BCUT2D eigenvalue weighted by molar-refractivity contribution is 7.85. The normalized spacial score (nSPS) is 14.5. The monoisotopic (exact) mass is 410 g/mol. The Morgan fingerprint density at radius 2 is 1.86 bits per heavy atom. The van der Waals surface area contributed by atoms with Crippen LogP contribution in [0.2, 0.25) is 0 Å². The van der Waals surface area contributed by atoms with E-state index in [0.29, 0.717) is 22.4 Å². The summed E-state index contributed by atoms with van der Waals surface area (Å²) in [7, 11) is -3.70. The molecule has 0 heterocycles. The first-order chi connectivity index (χ1) is 13.9. The highest BCUT2D eigenvalue weighted by Crippen LogP contribution is 2.27. The van der Waals surface area contributed by atoms with E-state index in [1.807, 2.05) is 43.3 Å². The first-order valence-corrected chi connectivity index (χ1v) is 10.9. The van der Waals surface area contributed by atoms with Crippen LogP contribution < -0.4 is 0 Å². The van der Waals surface area contributed by atoms with Crippen molar-refractivity contribution in [3.05, 3.63) is 77.9 Å². The quantitative estimate of drug-likeness (QED) is 0.367. The summed E-state index contributed by atoms with van der Waals surface area (Å²) in [6.45, 7) is 2.02. The van der Waals surface area contributed by atoms with Crippen LogP contribution in [0.3, 0.4) is 0 Å². The number of carbonyl (C=O) groups is 1. The van der Waals surface area contributed by atoms with Crippen LogP contribution in [0.5, 0.6) is 0 Å². The van der Waals surface area contributed by atoms with Crippen LogP contribution in [0, 0.1) is 17.2 Å². The first-order valence-electron chi connectivity index (χ1n) is 9.08. The average molecular weight is 410 g/mol. The number of hydrogen-bond acceptors (Lipinski definition) is 6. The second kappa shape index (κ2) is 10.3. The smallest absolute Gasteiger partial charge is 0.292 e. The lowest BCUT2D eigenvalue weighted by molar-refractivity contribution is -0.114. The minimum atomic E-state index is -3.70. The van der Waals surface area contributed by atoms with Gasteiger partial charge in [-0.3, -0.25) is 9.08 Å². The van der Waals surface area contributed by atoms with Gasteiger partial charge in [0.1, 0.15) is 11.6 Å². The number of allylic oxidation sites excluding steroid dienone is 8. The number of unbranched alkanes of at least 4 members (excludes halogenated alkanes) is 1. The maximum Gasteiger partial charge on any atom is 0.325 e. The Morgan fingerprint density at radius 1 is 1.21 bits per heavy atom. The van der Waals surface area contributed by atoms with Gasteiger partial charge in [-0.1, -0.05) is 73.1 Å². The minimum absolute atomic E-state index is 0.290. The predicted octanol–water partition coefficient (Wildman–Crippen LogP) is 3.96. The Morgan fingerprint density at radius 3 is 2.41 bits per heavy atom. The molecule has 0 N–H and O–H groups in total. The van der Waals surface area contributed by atoms with Crippen LogP contribution in [-0.4, -0.2) is 26.2 Å². The predicted molar refractivity (Wildman–Crippen MR) is 113 cm³/mol. The molecule has 29 heavy (non-hydrogen) atoms. The van der Waals surface area contributed by atoms with Gasteiger partial charge >= 0.3 is 10.1 Å². The third-order valence-corrected chi connectivity index (χ3v) is 4.29. The van der Waals surface area contributed by atoms with Crippen LogP contribution in [0.4, 0.5) is 0 Å². The topological polar surface area (TPSA) is 96.6 Å². The van der Waals surface area contributed by atoms with Gasteiger partial charge in [-0.05, 0) is 29.7 Å². The number of oxime groups is 1. The molecular weight excluding hydrogens is 388 g/mol. The van der Waals surface area contributed by atoms with Crippen molar-refractivity contribution in [1.29, 1.82) is 5.26 Å². The van der Waals surface area contributed by atoms with Crippen LogP contribution in [0.15, 0.2) is 77.5 Å². The fraction of sp³-hybridized carbons (Fsp3) is 0.227. The van der Waals surface area contributed by atoms with E-state index in [9.17, 15) is 18.5 Å². The second-order valence-electron chi connectivity index (χ2n) is 6.35. The van der Waals surface area contributed by atoms with Gasteiger partial charge in [0.05, 0.1) is 12.3 Å². The summed E-state index contributed by atoms with van der Waals surface area (Å²) in [5.74, 6) is -1.20. The standard InChI is InChI=1S/C22H22N2O4S/c1-3-4-6-11-19(16-23)22(25)21(17-9-7-5-8-10-17)18-12-14-20(15-13-18)24-28-29(2,26)27/h5-15,19H,3-4H2,1-2H3. The van der Waals surface area contributed by atoms with Gasteiger partial charge in [-0.2, -0.15) is 13.7 Å². The molecule has 1 atom stereocenters. The maximum absolute atomic E-state index is 13.2. The zero-order valence-corrected chi connectivity index (χ0v) is 17.1. The summed E-state index contributed by atoms with van der Waals surface area (Å²) in [6, 6.07) is 11.2. The molecule has 7 heteroatoms. The van der Waals surface area contributed by atoms with E-state index < -0.39 is 16.0 Å². The Kier molecular flexibility index (Phi) is 7.87. The van der Waals surface area contributed by atoms with Crippen LogP contribution in [-0.2, 0) is 19.2 Å². The van der Waals surface area contributed by atoms with Gasteiger partial charge in [0, 0.05) is 5.57 Å². The Bertz CT molecular complexity index is 1020. The molecule has 150 valence electrons. The molecule has 0 radical (unpaired) electrons. The number of Topliss-reactive ketones (excluding diaryl/α,β-unsaturated/α-hetero) is 1. The highest BCUT2D eigenvalue weighted by atomic mass is 32.2. The number of hydrogen-bond donors (Lipinski definition) is 0. The second-order valence-corrected chi connectivity index (χ2v) is 7.90. The third kappa shape index (κ3) is 6.70. The molecule has 1 unspecified atom stereocenters. The summed E-state index contributed by atoms with van der Waals surface area (Å²) < 4.78 is 26.6. The van der Waals surface area contributed by atoms with Crippen molar-refractivity contribution in [2.24, 2.45) is 11.1 Å². The van der Waals surface area contributed by atoms with Crippen molar-refractivity contribution >= 4 is 27.2 Å². The maximum atomic E-state index is 13.2. The van der Waals surface area contributed by atoms with E-state index >= 15 is 0 Å². The molecule has 0 bridgehead atoms. The zero-order chi connectivity index (χ0) is 21.3. The van der Waals surface area contributed by atoms with E-state index in [1.54, 1.807) is 30.4 Å². The van der Waals surface area contributed by atoms with E-state index in [2.05, 4.69) is 15.5 Å². The molecule has 0 saturated carbocycles. The third-order valence-electron chi connectivity index (χ3n) is 3.95. The summed E-state index contributed by atoms with van der Waals surface area (Å²) in [6.07, 6.45) is 12.5. The molecule has 0 amide bonds. The van der Waals surface area contributed by atoms with E-state index in [-0.39, 0.29) is 5.78 Å². The summed E-state index contributed by atoms with van der Waals surface area (Å²) in [5.41, 5.74) is 2.00. The highest BCUT2D eigenvalue weighted by Gasteiger charge is 2.23. The molecule has 0 spiro atoms. The molecule has 2 rings (SSSR count). The first kappa shape index (κ1) is 22.1. The summed E-state index contributed by atoms with van der Waals surface area (Å²) in [4.78, 5) is 13.2. The number of ketones is 1. The lowest BCUT2D eigenvalue weighted by Gasteiger charge is -2.14. The fourth-order valence-electron chi connectivity index (χ4n) is 2.60. The SMILES string of the molecule is CCCC=CC(C#N)C(=O)C(=C1C=CC(=NOS(C)(=O)=O)C=C1)c1ccccc1. The molecule has 0 saturated heterocycles. The molecule has 1 aromatic rings. The van der Waals surface area contributed by atoms with Gasteiger partial charge in [0.25, 0.3) is 0 Å². The Labute approximate surface area is 171 Å². The number of rotatable bonds is 8. The molecule has 0 fully saturated rings. The molecular formula is C22H22N2O4S. The van der Waals surface area contributed by atoms with Gasteiger partial charge in [-0.25, -0.2) is 0 Å². The number of nitriles is 1. The van der Waals surface area contributed by atoms with Crippen molar-refractivity contribution in [3.8, 4) is 6.07 Å². The molecule has 0 aromatic heterocycles. The summed E-state index contributed by atoms with van der Waals surface area (Å²) >= 11 is 0. The number of nitrogens with zero attached hydrogens (tertiary/aromatic N) is 2. The van der Waals surface area contributed by atoms with Gasteiger partial charge in [0.2, 0.25) is 0 Å². The van der Waals surface area contributed by atoms with E-state index in [1.165, 1.54) is 0 Å². The average Bonchev–Trinajstić information content (AvgIpc) is 2.71. The molecule has 6 nitrogen and oxygen atoms in total. The lowest BCUT2D eigenvalue weighted by atomic mass is 9.88. The minimum Gasteiger partial charge on any atom is -0.292 e. The van der Waals surface area contributed by atoms with Crippen molar-refractivity contribution < 1.29 is 17.5 Å². The number of carbonyl (C=O) groups excluding carboxylic acids is 1. The van der Waals surface area contributed by atoms with E-state index in [4.69, 9.17) is 0 Å². The van der Waals surface area contributed by atoms with Crippen molar-refractivity contribution in [3.63, 3.8) is 0 Å². The Balaban J connectivity index is 2.44. The Hall–Kier alpha value is -3.24. The fourth-order valence-corrected chi connectivity index (χ4v) is 2.82. The zero-order valence-electron chi connectivity index (χ0n) is 16.3. The van der Waals surface area contributed by atoms with Gasteiger partial charge < -0.3 is 0 Å². The molecule has 0 aliphatic heterocycles. The lowest BCUT2D eigenvalue weighted by Crippen LogP contribution is -2.14. The van der Waals surface area contributed by atoms with Crippen molar-refractivity contribution in [2.45, 2.75) is 19.8 Å². The summed E-state index contributed by atoms with van der Waals surface area (Å²) in [5, 5.41) is 13.1. The number of benzene rings is 1. The molecule has 1 aliphatic rings.